The van der Waals surface area contributed by atoms with E-state index in [1.807, 2.05) is 6.21 Å². The Bertz CT molecular complexity index is 472. The lowest BCUT2D eigenvalue weighted by Crippen LogP contribution is -2.28. The SMILES string of the molecule is C1=NNC(C(c2ccccc2)c2ccccc2)C1. The quantitative estimate of drug-likeness (QED) is 0.869. The molecule has 0 fully saturated rings. The molecule has 0 saturated carbocycles. The zero-order valence-corrected chi connectivity index (χ0v) is 10.2. The van der Waals surface area contributed by atoms with Gasteiger partial charge in [0.05, 0.1) is 6.04 Å². The van der Waals surface area contributed by atoms with Crippen molar-refractivity contribution in [2.75, 3.05) is 0 Å². The summed E-state index contributed by atoms with van der Waals surface area (Å²) in [7, 11) is 0. The number of hydrazone groups is 1. The molecule has 1 aliphatic rings. The van der Waals surface area contributed by atoms with Crippen LogP contribution >= 0.6 is 0 Å². The summed E-state index contributed by atoms with van der Waals surface area (Å²) >= 11 is 0. The molecular weight excluding hydrogens is 220 g/mol. The normalized spacial score (nSPS) is 17.9. The first-order chi connectivity index (χ1) is 8.95. The molecule has 0 aliphatic carbocycles. The first-order valence-electron chi connectivity index (χ1n) is 6.32. The van der Waals surface area contributed by atoms with Crippen molar-refractivity contribution < 1.29 is 0 Å². The Morgan fingerprint density at radius 3 is 1.89 bits per heavy atom. The minimum absolute atomic E-state index is 0.356. The van der Waals surface area contributed by atoms with Gasteiger partial charge in [-0.15, -0.1) is 0 Å². The lowest BCUT2D eigenvalue weighted by atomic mass is 9.84. The third-order valence-corrected chi connectivity index (χ3v) is 3.41. The van der Waals surface area contributed by atoms with Gasteiger partial charge in [0.15, 0.2) is 0 Å². The van der Waals surface area contributed by atoms with Crippen LogP contribution in [0.15, 0.2) is 65.8 Å². The zero-order valence-electron chi connectivity index (χ0n) is 10.2. The molecule has 0 amide bonds. The summed E-state index contributed by atoms with van der Waals surface area (Å²) in [6.07, 6.45) is 2.94. The molecule has 2 aromatic carbocycles. The van der Waals surface area contributed by atoms with Crippen molar-refractivity contribution in [3.05, 3.63) is 71.8 Å². The summed E-state index contributed by atoms with van der Waals surface area (Å²) in [5, 5.41) is 4.16. The van der Waals surface area contributed by atoms with Crippen LogP contribution in [0.1, 0.15) is 23.5 Å². The molecule has 1 aliphatic heterocycles. The molecule has 0 aromatic heterocycles. The van der Waals surface area contributed by atoms with E-state index in [2.05, 4.69) is 71.2 Å². The molecule has 1 N–H and O–H groups in total. The van der Waals surface area contributed by atoms with E-state index in [0.717, 1.165) is 6.42 Å². The van der Waals surface area contributed by atoms with Crippen LogP contribution in [0.2, 0.25) is 0 Å². The predicted molar refractivity (Wildman–Crippen MR) is 74.8 cm³/mol. The van der Waals surface area contributed by atoms with Crippen molar-refractivity contribution in [2.45, 2.75) is 18.4 Å². The molecule has 2 heteroatoms. The summed E-state index contributed by atoms with van der Waals surface area (Å²) in [6.45, 7) is 0. The van der Waals surface area contributed by atoms with Gasteiger partial charge in [0, 0.05) is 18.6 Å². The Morgan fingerprint density at radius 2 is 1.44 bits per heavy atom. The van der Waals surface area contributed by atoms with Crippen molar-refractivity contribution in [3.63, 3.8) is 0 Å². The van der Waals surface area contributed by atoms with Gasteiger partial charge in [-0.05, 0) is 11.1 Å². The molecular formula is C16H16N2. The van der Waals surface area contributed by atoms with E-state index < -0.39 is 0 Å². The van der Waals surface area contributed by atoms with Gasteiger partial charge in [0.25, 0.3) is 0 Å². The van der Waals surface area contributed by atoms with Gasteiger partial charge in [-0.2, -0.15) is 5.10 Å². The van der Waals surface area contributed by atoms with Crippen LogP contribution in [0.5, 0.6) is 0 Å². The maximum atomic E-state index is 4.16. The van der Waals surface area contributed by atoms with Gasteiger partial charge in [0.2, 0.25) is 0 Å². The fraction of sp³-hybridized carbons (Fsp3) is 0.188. The maximum Gasteiger partial charge on any atom is 0.0599 e. The van der Waals surface area contributed by atoms with Crippen LogP contribution in [0.3, 0.4) is 0 Å². The van der Waals surface area contributed by atoms with E-state index in [0.29, 0.717) is 12.0 Å². The van der Waals surface area contributed by atoms with E-state index in [4.69, 9.17) is 0 Å². The average Bonchev–Trinajstić information content (AvgIpc) is 2.95. The Balaban J connectivity index is 1.99. The minimum Gasteiger partial charge on any atom is -0.306 e. The Labute approximate surface area is 107 Å². The van der Waals surface area contributed by atoms with E-state index in [1.54, 1.807) is 0 Å². The summed E-state index contributed by atoms with van der Waals surface area (Å²) in [5.41, 5.74) is 5.90. The van der Waals surface area contributed by atoms with Crippen LogP contribution in [-0.2, 0) is 0 Å². The average molecular weight is 236 g/mol. The number of rotatable bonds is 3. The molecule has 2 aromatic rings. The number of hydrogen-bond donors (Lipinski definition) is 1. The second kappa shape index (κ2) is 5.05. The maximum absolute atomic E-state index is 4.16. The smallest absolute Gasteiger partial charge is 0.0599 e. The van der Waals surface area contributed by atoms with Gasteiger partial charge < -0.3 is 5.43 Å². The van der Waals surface area contributed by atoms with E-state index in [9.17, 15) is 0 Å². The molecule has 90 valence electrons. The number of nitrogens with zero attached hydrogens (tertiary/aromatic N) is 1. The highest BCUT2D eigenvalue weighted by Crippen LogP contribution is 2.30. The lowest BCUT2D eigenvalue weighted by molar-refractivity contribution is 0.525. The Kier molecular flexibility index (Phi) is 3.09. The molecule has 0 spiro atoms. The Hall–Kier alpha value is -2.09. The van der Waals surface area contributed by atoms with E-state index in [-0.39, 0.29) is 0 Å². The highest BCUT2D eigenvalue weighted by Gasteiger charge is 2.25. The molecule has 0 saturated heterocycles. The van der Waals surface area contributed by atoms with Crippen molar-refractivity contribution in [1.29, 1.82) is 0 Å². The first kappa shape index (κ1) is 11.0. The summed E-state index contributed by atoms with van der Waals surface area (Å²) < 4.78 is 0. The lowest BCUT2D eigenvalue weighted by Gasteiger charge is -2.24. The van der Waals surface area contributed by atoms with Gasteiger partial charge in [-0.1, -0.05) is 60.7 Å². The van der Waals surface area contributed by atoms with Crippen LogP contribution in [0, 0.1) is 0 Å². The molecule has 1 unspecified atom stereocenters. The van der Waals surface area contributed by atoms with Crippen molar-refractivity contribution in [2.24, 2.45) is 5.10 Å². The van der Waals surface area contributed by atoms with E-state index >= 15 is 0 Å². The fourth-order valence-corrected chi connectivity index (χ4v) is 2.56. The van der Waals surface area contributed by atoms with Gasteiger partial charge in [-0.25, -0.2) is 0 Å². The second-order valence-electron chi connectivity index (χ2n) is 4.58. The van der Waals surface area contributed by atoms with Crippen LogP contribution in [0.25, 0.3) is 0 Å². The van der Waals surface area contributed by atoms with Gasteiger partial charge in [0.1, 0.15) is 0 Å². The fourth-order valence-electron chi connectivity index (χ4n) is 2.56. The minimum atomic E-state index is 0.356. The molecule has 3 rings (SSSR count). The molecule has 1 atom stereocenters. The van der Waals surface area contributed by atoms with Crippen LogP contribution in [0.4, 0.5) is 0 Å². The number of nitrogens with one attached hydrogen (secondary N) is 1. The molecule has 2 nitrogen and oxygen atoms in total. The molecule has 0 radical (unpaired) electrons. The number of benzene rings is 2. The highest BCUT2D eigenvalue weighted by molar-refractivity contribution is 5.60. The molecule has 18 heavy (non-hydrogen) atoms. The largest absolute Gasteiger partial charge is 0.306 e. The van der Waals surface area contributed by atoms with Crippen LogP contribution in [-0.4, -0.2) is 12.3 Å². The van der Waals surface area contributed by atoms with Crippen molar-refractivity contribution in [3.8, 4) is 0 Å². The first-order valence-corrected chi connectivity index (χ1v) is 6.32. The van der Waals surface area contributed by atoms with Gasteiger partial charge in [-0.3, -0.25) is 0 Å². The van der Waals surface area contributed by atoms with E-state index in [1.165, 1.54) is 11.1 Å². The van der Waals surface area contributed by atoms with Crippen molar-refractivity contribution >= 4 is 6.21 Å². The highest BCUT2D eigenvalue weighted by atomic mass is 15.3. The summed E-state index contributed by atoms with van der Waals surface area (Å²) in [5.74, 6) is 0.356. The summed E-state index contributed by atoms with van der Waals surface area (Å²) in [6, 6.07) is 21.6. The zero-order chi connectivity index (χ0) is 12.2. The third-order valence-electron chi connectivity index (χ3n) is 3.41. The second-order valence-corrected chi connectivity index (χ2v) is 4.58. The topological polar surface area (TPSA) is 24.4 Å². The van der Waals surface area contributed by atoms with Crippen molar-refractivity contribution in [1.82, 2.24) is 5.43 Å². The molecule has 0 bridgehead atoms. The summed E-state index contributed by atoms with van der Waals surface area (Å²) in [4.78, 5) is 0. The molecule has 1 heterocycles. The third kappa shape index (κ3) is 2.14. The predicted octanol–water partition coefficient (Wildman–Crippen LogP) is 3.17. The standard InChI is InChI=1S/C16H16N2/c1-3-7-13(8-4-1)16(15-11-12-17-18-15)14-9-5-2-6-10-14/h1-10,12,15-16,18H,11H2. The Morgan fingerprint density at radius 1 is 0.889 bits per heavy atom. The van der Waals surface area contributed by atoms with Crippen LogP contribution < -0.4 is 5.43 Å². The monoisotopic (exact) mass is 236 g/mol. The number of hydrogen-bond acceptors (Lipinski definition) is 2. The van der Waals surface area contributed by atoms with Gasteiger partial charge >= 0.3 is 0 Å².